The van der Waals surface area contributed by atoms with Crippen LogP contribution in [-0.2, 0) is 0 Å². The van der Waals surface area contributed by atoms with Crippen molar-refractivity contribution in [1.29, 1.82) is 5.41 Å². The van der Waals surface area contributed by atoms with Crippen LogP contribution in [0.4, 0.5) is 5.69 Å². The molecule has 0 atom stereocenters. The molecule has 62 valence electrons. The molecule has 0 aliphatic heterocycles. The third kappa shape index (κ3) is 2.13. The predicted molar refractivity (Wildman–Crippen MR) is 56.2 cm³/mol. The first-order valence-electron chi connectivity index (χ1n) is 3.61. The van der Waals surface area contributed by atoms with Gasteiger partial charge < -0.3 is 10.7 Å². The molecule has 0 saturated carbocycles. The van der Waals surface area contributed by atoms with Gasteiger partial charge in [-0.3, -0.25) is 0 Å². The van der Waals surface area contributed by atoms with E-state index >= 15 is 0 Å². The number of rotatable bonds is 2. The van der Waals surface area contributed by atoms with Gasteiger partial charge in [-0.1, -0.05) is 30.4 Å². The van der Waals surface area contributed by atoms with E-state index in [0.29, 0.717) is 4.99 Å². The van der Waals surface area contributed by atoms with Crippen molar-refractivity contribution in [2.75, 3.05) is 5.32 Å². The lowest BCUT2D eigenvalue weighted by Crippen LogP contribution is -2.10. The van der Waals surface area contributed by atoms with E-state index < -0.39 is 0 Å². The average molecular weight is 178 g/mol. The van der Waals surface area contributed by atoms with E-state index in [2.05, 4.69) is 5.32 Å². The molecule has 1 aromatic carbocycles. The van der Waals surface area contributed by atoms with Crippen LogP contribution in [-0.4, -0.2) is 11.2 Å². The molecule has 3 heteroatoms. The second-order valence-electron chi connectivity index (χ2n) is 2.45. The Bertz CT molecular complexity index is 307. The summed E-state index contributed by atoms with van der Waals surface area (Å²) in [6.45, 7) is 1.99. The Morgan fingerprint density at radius 1 is 1.50 bits per heavy atom. The van der Waals surface area contributed by atoms with Crippen molar-refractivity contribution >= 4 is 29.1 Å². The first-order valence-corrected chi connectivity index (χ1v) is 4.02. The molecule has 0 bridgehead atoms. The van der Waals surface area contributed by atoms with Crippen molar-refractivity contribution in [2.45, 2.75) is 6.92 Å². The van der Waals surface area contributed by atoms with Crippen LogP contribution in [0.3, 0.4) is 0 Å². The predicted octanol–water partition coefficient (Wildman–Crippen LogP) is 2.38. The topological polar surface area (TPSA) is 35.9 Å². The molecular formula is C9H10N2S. The Balaban J connectivity index is 2.82. The Morgan fingerprint density at radius 3 is 2.75 bits per heavy atom. The minimum atomic E-state index is 0.435. The lowest BCUT2D eigenvalue weighted by molar-refractivity contribution is 1.46. The van der Waals surface area contributed by atoms with Gasteiger partial charge in [-0.15, -0.1) is 0 Å². The van der Waals surface area contributed by atoms with Gasteiger partial charge in [0, 0.05) is 5.69 Å². The first-order chi connectivity index (χ1) is 5.74. The molecule has 0 heterocycles. The van der Waals surface area contributed by atoms with Crippen LogP contribution >= 0.6 is 12.2 Å². The molecule has 12 heavy (non-hydrogen) atoms. The average Bonchev–Trinajstić information content (AvgIpc) is 2.09. The van der Waals surface area contributed by atoms with E-state index in [0.717, 1.165) is 17.5 Å². The summed E-state index contributed by atoms with van der Waals surface area (Å²) in [4.78, 5) is 0.435. The molecular weight excluding hydrogens is 168 g/mol. The number of aryl methyl sites for hydroxylation is 1. The third-order valence-electron chi connectivity index (χ3n) is 1.53. The highest BCUT2D eigenvalue weighted by Gasteiger charge is 1.96. The normalized spacial score (nSPS) is 9.08. The fraction of sp³-hybridized carbons (Fsp3) is 0.111. The van der Waals surface area contributed by atoms with Crippen molar-refractivity contribution in [3.8, 4) is 0 Å². The quantitative estimate of drug-likeness (QED) is 0.539. The Hall–Kier alpha value is -1.22. The van der Waals surface area contributed by atoms with Crippen LogP contribution in [0.15, 0.2) is 24.3 Å². The van der Waals surface area contributed by atoms with Gasteiger partial charge in [-0.25, -0.2) is 0 Å². The zero-order valence-corrected chi connectivity index (χ0v) is 7.61. The molecule has 1 aromatic rings. The second kappa shape index (κ2) is 3.97. The molecule has 1 rings (SSSR count). The Morgan fingerprint density at radius 2 is 2.17 bits per heavy atom. The summed E-state index contributed by atoms with van der Waals surface area (Å²) in [5, 5.41) is 9.85. The summed E-state index contributed by atoms with van der Waals surface area (Å²) in [6, 6.07) is 7.83. The molecule has 0 aliphatic rings. The van der Waals surface area contributed by atoms with E-state index in [1.54, 1.807) is 0 Å². The van der Waals surface area contributed by atoms with Crippen LogP contribution in [0, 0.1) is 12.3 Å². The molecule has 2 N–H and O–H groups in total. The van der Waals surface area contributed by atoms with Crippen LogP contribution in [0.25, 0.3) is 0 Å². The van der Waals surface area contributed by atoms with Crippen molar-refractivity contribution in [1.82, 2.24) is 0 Å². The van der Waals surface area contributed by atoms with Crippen molar-refractivity contribution in [2.24, 2.45) is 0 Å². The van der Waals surface area contributed by atoms with Crippen LogP contribution in [0.5, 0.6) is 0 Å². The SMILES string of the molecule is Cc1ccccc1NC(=S)C=N. The fourth-order valence-electron chi connectivity index (χ4n) is 0.882. The molecule has 0 amide bonds. The van der Waals surface area contributed by atoms with E-state index in [9.17, 15) is 0 Å². The minimum absolute atomic E-state index is 0.435. The molecule has 0 radical (unpaired) electrons. The molecule has 0 unspecified atom stereocenters. The standard InChI is InChI=1S/C9H10N2S/c1-7-4-2-3-5-8(7)11-9(12)6-10/h2-6,10H,1H3,(H,11,12). The number of nitrogens with one attached hydrogen (secondary N) is 2. The second-order valence-corrected chi connectivity index (χ2v) is 2.89. The highest BCUT2D eigenvalue weighted by Crippen LogP contribution is 2.12. The summed E-state index contributed by atoms with van der Waals surface area (Å²) < 4.78 is 0. The summed E-state index contributed by atoms with van der Waals surface area (Å²) >= 11 is 4.84. The fourth-order valence-corrected chi connectivity index (χ4v) is 0.992. The molecule has 0 spiro atoms. The van der Waals surface area contributed by atoms with Gasteiger partial charge in [0.05, 0.1) is 6.21 Å². The zero-order valence-electron chi connectivity index (χ0n) is 6.79. The zero-order chi connectivity index (χ0) is 8.97. The van der Waals surface area contributed by atoms with Gasteiger partial charge in [0.15, 0.2) is 0 Å². The lowest BCUT2D eigenvalue weighted by atomic mass is 10.2. The van der Waals surface area contributed by atoms with Gasteiger partial charge in [-0.05, 0) is 18.6 Å². The number of para-hydroxylation sites is 1. The van der Waals surface area contributed by atoms with Crippen LogP contribution in [0.2, 0.25) is 0 Å². The number of benzene rings is 1. The monoisotopic (exact) mass is 178 g/mol. The summed E-state index contributed by atoms with van der Waals surface area (Å²) in [7, 11) is 0. The Kier molecular flexibility index (Phi) is 2.94. The first kappa shape index (κ1) is 8.87. The molecule has 0 aromatic heterocycles. The minimum Gasteiger partial charge on any atom is -0.345 e. The number of hydrogen-bond donors (Lipinski definition) is 2. The van der Waals surface area contributed by atoms with Gasteiger partial charge >= 0.3 is 0 Å². The Labute approximate surface area is 77.1 Å². The molecule has 0 aliphatic carbocycles. The number of anilines is 1. The van der Waals surface area contributed by atoms with Gasteiger partial charge in [-0.2, -0.15) is 0 Å². The van der Waals surface area contributed by atoms with Crippen molar-refractivity contribution in [3.05, 3.63) is 29.8 Å². The van der Waals surface area contributed by atoms with Crippen LogP contribution < -0.4 is 5.32 Å². The molecule has 0 fully saturated rings. The number of thiocarbonyl (C=S) groups is 1. The number of hydrogen-bond acceptors (Lipinski definition) is 2. The van der Waals surface area contributed by atoms with E-state index in [4.69, 9.17) is 17.6 Å². The summed E-state index contributed by atoms with van der Waals surface area (Å²) in [6.07, 6.45) is 1.13. The molecule has 2 nitrogen and oxygen atoms in total. The van der Waals surface area contributed by atoms with Crippen molar-refractivity contribution < 1.29 is 0 Å². The van der Waals surface area contributed by atoms with Gasteiger partial charge in [0.2, 0.25) is 0 Å². The molecule has 0 saturated heterocycles. The highest BCUT2D eigenvalue weighted by atomic mass is 32.1. The van der Waals surface area contributed by atoms with Gasteiger partial charge in [0.1, 0.15) is 4.99 Å². The van der Waals surface area contributed by atoms with Crippen LogP contribution in [0.1, 0.15) is 5.56 Å². The summed E-state index contributed by atoms with van der Waals surface area (Å²) in [5.74, 6) is 0. The van der Waals surface area contributed by atoms with Crippen molar-refractivity contribution in [3.63, 3.8) is 0 Å². The van der Waals surface area contributed by atoms with E-state index in [1.165, 1.54) is 0 Å². The highest BCUT2D eigenvalue weighted by molar-refractivity contribution is 7.82. The third-order valence-corrected chi connectivity index (χ3v) is 1.75. The summed E-state index contributed by atoms with van der Waals surface area (Å²) in [5.41, 5.74) is 2.09. The maximum Gasteiger partial charge on any atom is 0.121 e. The van der Waals surface area contributed by atoms with E-state index in [-0.39, 0.29) is 0 Å². The maximum atomic E-state index is 6.90. The van der Waals surface area contributed by atoms with E-state index in [1.807, 2.05) is 31.2 Å². The maximum absolute atomic E-state index is 6.90. The smallest absolute Gasteiger partial charge is 0.121 e. The van der Waals surface area contributed by atoms with Gasteiger partial charge in [0.25, 0.3) is 0 Å². The lowest BCUT2D eigenvalue weighted by Gasteiger charge is -2.05. The largest absolute Gasteiger partial charge is 0.345 e.